The van der Waals surface area contributed by atoms with Gasteiger partial charge in [-0.1, -0.05) is 25.4 Å². The summed E-state index contributed by atoms with van der Waals surface area (Å²) in [6.07, 6.45) is 2.45. The highest BCUT2D eigenvalue weighted by Gasteiger charge is 2.28. The topological polar surface area (TPSA) is 38.0 Å². The molecule has 1 fully saturated rings. The van der Waals surface area contributed by atoms with Crippen molar-refractivity contribution >= 4 is 23.0 Å². The largest absolute Gasteiger partial charge is 0.399 e. The Labute approximate surface area is 102 Å². The lowest BCUT2D eigenvalue weighted by molar-refractivity contribution is 0.457. The van der Waals surface area contributed by atoms with Crippen molar-refractivity contribution in [2.24, 2.45) is 11.8 Å². The zero-order valence-corrected chi connectivity index (χ0v) is 10.6. The molecule has 0 unspecified atom stereocenters. The number of hydrogen-bond acceptors (Lipinski definition) is 2. The van der Waals surface area contributed by atoms with E-state index in [1.165, 1.54) is 12.8 Å². The fourth-order valence-electron chi connectivity index (χ4n) is 2.44. The van der Waals surface area contributed by atoms with E-state index in [4.69, 9.17) is 17.3 Å². The molecule has 16 heavy (non-hydrogen) atoms. The summed E-state index contributed by atoms with van der Waals surface area (Å²) in [6, 6.07) is 6.19. The Bertz CT molecular complexity index is 368. The summed E-state index contributed by atoms with van der Waals surface area (Å²) >= 11 is 6.14. The van der Waals surface area contributed by atoms with Crippen molar-refractivity contribution in [3.63, 3.8) is 0 Å². The molecule has 2 atom stereocenters. The second-order valence-corrected chi connectivity index (χ2v) is 5.41. The third-order valence-corrected chi connectivity index (χ3v) is 3.95. The monoisotopic (exact) mass is 238 g/mol. The third kappa shape index (κ3) is 2.43. The molecular formula is C13H19ClN2. The molecule has 88 valence electrons. The molecule has 3 N–H and O–H groups in total. The summed E-state index contributed by atoms with van der Waals surface area (Å²) < 4.78 is 0. The SMILES string of the molecule is C[C@H]1CC(Nc2ccc(N)cc2Cl)C[C@@H]1C. The molecule has 1 aromatic carbocycles. The first-order chi connectivity index (χ1) is 7.56. The fourth-order valence-corrected chi connectivity index (χ4v) is 2.69. The average molecular weight is 239 g/mol. The maximum atomic E-state index is 6.14. The minimum absolute atomic E-state index is 0.547. The smallest absolute Gasteiger partial charge is 0.0658 e. The van der Waals surface area contributed by atoms with Crippen LogP contribution in [0.4, 0.5) is 11.4 Å². The van der Waals surface area contributed by atoms with Gasteiger partial charge in [0.2, 0.25) is 0 Å². The number of halogens is 1. The average Bonchev–Trinajstić information content (AvgIpc) is 2.51. The van der Waals surface area contributed by atoms with Gasteiger partial charge in [-0.2, -0.15) is 0 Å². The van der Waals surface area contributed by atoms with E-state index in [0.29, 0.717) is 16.8 Å². The number of hydrogen-bond donors (Lipinski definition) is 2. The molecular weight excluding hydrogens is 220 g/mol. The summed E-state index contributed by atoms with van der Waals surface area (Å²) in [7, 11) is 0. The van der Waals surface area contributed by atoms with E-state index in [1.807, 2.05) is 12.1 Å². The number of nitrogens with two attached hydrogens (primary N) is 1. The molecule has 0 bridgehead atoms. The Hall–Kier alpha value is -0.890. The summed E-state index contributed by atoms with van der Waals surface area (Å²) in [6.45, 7) is 4.63. The quantitative estimate of drug-likeness (QED) is 0.770. The van der Waals surface area contributed by atoms with E-state index in [0.717, 1.165) is 17.5 Å². The maximum absolute atomic E-state index is 6.14. The highest BCUT2D eigenvalue weighted by Crippen LogP contribution is 2.34. The van der Waals surface area contributed by atoms with Gasteiger partial charge in [0, 0.05) is 11.7 Å². The molecule has 0 heterocycles. The molecule has 2 rings (SSSR count). The van der Waals surface area contributed by atoms with Gasteiger partial charge in [0.05, 0.1) is 10.7 Å². The van der Waals surface area contributed by atoms with Crippen molar-refractivity contribution < 1.29 is 0 Å². The predicted molar refractivity (Wildman–Crippen MR) is 70.8 cm³/mol. The molecule has 1 aliphatic carbocycles. The van der Waals surface area contributed by atoms with Crippen LogP contribution in [0.15, 0.2) is 18.2 Å². The van der Waals surface area contributed by atoms with Crippen molar-refractivity contribution in [1.82, 2.24) is 0 Å². The lowest BCUT2D eigenvalue weighted by atomic mass is 10.0. The zero-order valence-electron chi connectivity index (χ0n) is 9.83. The van der Waals surface area contributed by atoms with Crippen LogP contribution in [-0.4, -0.2) is 6.04 Å². The number of benzene rings is 1. The molecule has 0 radical (unpaired) electrons. The van der Waals surface area contributed by atoms with Crippen LogP contribution in [0, 0.1) is 11.8 Å². The van der Waals surface area contributed by atoms with Crippen molar-refractivity contribution in [2.45, 2.75) is 32.7 Å². The Morgan fingerprint density at radius 2 is 1.88 bits per heavy atom. The summed E-state index contributed by atoms with van der Waals surface area (Å²) in [4.78, 5) is 0. The van der Waals surface area contributed by atoms with Gasteiger partial charge < -0.3 is 11.1 Å². The Morgan fingerprint density at radius 1 is 1.25 bits per heavy atom. The lowest BCUT2D eigenvalue weighted by Crippen LogP contribution is -2.15. The number of nitrogen functional groups attached to an aromatic ring is 1. The van der Waals surface area contributed by atoms with E-state index in [9.17, 15) is 0 Å². The van der Waals surface area contributed by atoms with Gasteiger partial charge in [-0.05, 0) is 42.9 Å². The van der Waals surface area contributed by atoms with Crippen molar-refractivity contribution in [3.8, 4) is 0 Å². The van der Waals surface area contributed by atoms with E-state index < -0.39 is 0 Å². The lowest BCUT2D eigenvalue weighted by Gasteiger charge is -2.15. The molecule has 0 spiro atoms. The van der Waals surface area contributed by atoms with E-state index in [-0.39, 0.29) is 0 Å². The van der Waals surface area contributed by atoms with Crippen LogP contribution < -0.4 is 11.1 Å². The first-order valence-corrected chi connectivity index (χ1v) is 6.25. The summed E-state index contributed by atoms with van der Waals surface area (Å²) in [5, 5.41) is 4.22. The Kier molecular flexibility index (Phi) is 3.29. The van der Waals surface area contributed by atoms with Gasteiger partial charge in [0.15, 0.2) is 0 Å². The highest BCUT2D eigenvalue weighted by molar-refractivity contribution is 6.33. The second-order valence-electron chi connectivity index (χ2n) is 5.01. The van der Waals surface area contributed by atoms with Gasteiger partial charge >= 0.3 is 0 Å². The normalized spacial score (nSPS) is 25.9. The summed E-state index contributed by atoms with van der Waals surface area (Å²) in [5.41, 5.74) is 7.38. The molecule has 2 nitrogen and oxygen atoms in total. The van der Waals surface area contributed by atoms with E-state index in [2.05, 4.69) is 19.2 Å². The molecule has 1 aromatic rings. The minimum Gasteiger partial charge on any atom is -0.399 e. The fraction of sp³-hybridized carbons (Fsp3) is 0.538. The predicted octanol–water partition coefficient (Wildman–Crippen LogP) is 3.77. The van der Waals surface area contributed by atoms with Crippen LogP contribution in [0.5, 0.6) is 0 Å². The van der Waals surface area contributed by atoms with Gasteiger partial charge in [-0.25, -0.2) is 0 Å². The summed E-state index contributed by atoms with van der Waals surface area (Å²) in [5.74, 6) is 1.59. The van der Waals surface area contributed by atoms with Gasteiger partial charge in [-0.15, -0.1) is 0 Å². The zero-order chi connectivity index (χ0) is 11.7. The van der Waals surface area contributed by atoms with Crippen LogP contribution in [0.25, 0.3) is 0 Å². The third-order valence-electron chi connectivity index (χ3n) is 3.64. The second kappa shape index (κ2) is 4.54. The standard InChI is InChI=1S/C13H19ClN2/c1-8-5-11(6-9(8)2)16-13-4-3-10(15)7-12(13)14/h3-4,7-9,11,16H,5-6,15H2,1-2H3/t8-,9-/m0/s1. The van der Waals surface area contributed by atoms with E-state index >= 15 is 0 Å². The van der Waals surface area contributed by atoms with Crippen LogP contribution in [0.1, 0.15) is 26.7 Å². The molecule has 1 saturated carbocycles. The van der Waals surface area contributed by atoms with E-state index in [1.54, 1.807) is 6.07 Å². The van der Waals surface area contributed by atoms with Crippen LogP contribution >= 0.6 is 11.6 Å². The van der Waals surface area contributed by atoms with Crippen molar-refractivity contribution in [1.29, 1.82) is 0 Å². The first-order valence-electron chi connectivity index (χ1n) is 5.88. The molecule has 0 aliphatic heterocycles. The molecule has 1 aliphatic rings. The van der Waals surface area contributed by atoms with Crippen LogP contribution in [0.2, 0.25) is 5.02 Å². The molecule has 0 aromatic heterocycles. The van der Waals surface area contributed by atoms with Crippen molar-refractivity contribution in [2.75, 3.05) is 11.1 Å². The number of nitrogens with one attached hydrogen (secondary N) is 1. The van der Waals surface area contributed by atoms with Crippen molar-refractivity contribution in [3.05, 3.63) is 23.2 Å². The Balaban J connectivity index is 2.05. The Morgan fingerprint density at radius 3 is 2.44 bits per heavy atom. The number of rotatable bonds is 2. The van der Waals surface area contributed by atoms with Gasteiger partial charge in [0.1, 0.15) is 0 Å². The maximum Gasteiger partial charge on any atom is 0.0658 e. The first kappa shape index (κ1) is 11.6. The van der Waals surface area contributed by atoms with Crippen LogP contribution in [-0.2, 0) is 0 Å². The minimum atomic E-state index is 0.547. The van der Waals surface area contributed by atoms with Crippen LogP contribution in [0.3, 0.4) is 0 Å². The van der Waals surface area contributed by atoms with Gasteiger partial charge in [-0.3, -0.25) is 0 Å². The number of anilines is 2. The molecule has 3 heteroatoms. The highest BCUT2D eigenvalue weighted by atomic mass is 35.5. The molecule has 0 saturated heterocycles. The van der Waals surface area contributed by atoms with Gasteiger partial charge in [0.25, 0.3) is 0 Å². The molecule has 0 amide bonds.